The van der Waals surface area contributed by atoms with E-state index in [1.165, 1.54) is 0 Å². The fraction of sp³-hybridized carbons (Fsp3) is 0.923. The Kier molecular flexibility index (Phi) is 4.36. The maximum absolute atomic E-state index is 12.0. The molecule has 3 nitrogen and oxygen atoms in total. The highest BCUT2D eigenvalue weighted by Gasteiger charge is 2.29. The molecule has 1 saturated heterocycles. The number of carbonyl (C=O) groups is 1. The van der Waals surface area contributed by atoms with Gasteiger partial charge in [-0.25, -0.2) is 0 Å². The molecule has 16 heavy (non-hydrogen) atoms. The molecule has 0 spiro atoms. The fourth-order valence-electron chi connectivity index (χ4n) is 2.37. The summed E-state index contributed by atoms with van der Waals surface area (Å²) in [4.78, 5) is 16.2. The van der Waals surface area contributed by atoms with Crippen LogP contribution in [-0.2, 0) is 4.79 Å². The van der Waals surface area contributed by atoms with Crippen LogP contribution in [0, 0.1) is 5.41 Å². The van der Waals surface area contributed by atoms with Crippen molar-refractivity contribution in [3.05, 3.63) is 0 Å². The third kappa shape index (κ3) is 3.78. The molecule has 3 heteroatoms. The van der Waals surface area contributed by atoms with Crippen molar-refractivity contribution >= 4 is 5.91 Å². The monoisotopic (exact) mass is 226 g/mol. The molecule has 1 fully saturated rings. The lowest BCUT2D eigenvalue weighted by Gasteiger charge is -2.40. The van der Waals surface area contributed by atoms with Gasteiger partial charge in [0, 0.05) is 19.1 Å². The standard InChI is InChI=1S/C13H26N2O/c1-6-11(9-13(2,3)4)15-8-7-14(5)10-12(15)16/h11H,6-10H2,1-5H3. The zero-order valence-electron chi connectivity index (χ0n) is 11.4. The minimum atomic E-state index is 0.296. The van der Waals surface area contributed by atoms with Crippen molar-refractivity contribution in [2.75, 3.05) is 26.7 Å². The second-order valence-electron chi connectivity index (χ2n) is 6.15. The molecular formula is C13H26N2O. The second kappa shape index (κ2) is 5.17. The fourth-order valence-corrected chi connectivity index (χ4v) is 2.37. The van der Waals surface area contributed by atoms with Gasteiger partial charge in [-0.3, -0.25) is 9.69 Å². The molecule has 0 aliphatic carbocycles. The van der Waals surface area contributed by atoms with Crippen LogP contribution in [-0.4, -0.2) is 48.4 Å². The zero-order valence-corrected chi connectivity index (χ0v) is 11.4. The Hall–Kier alpha value is -0.570. The Labute approximate surface area is 99.8 Å². The SMILES string of the molecule is CCC(CC(C)(C)C)N1CCN(C)CC1=O. The molecule has 1 unspecified atom stereocenters. The van der Waals surface area contributed by atoms with E-state index in [-0.39, 0.29) is 0 Å². The van der Waals surface area contributed by atoms with Crippen LogP contribution in [0.2, 0.25) is 0 Å². The third-order valence-corrected chi connectivity index (χ3v) is 3.21. The number of amides is 1. The smallest absolute Gasteiger partial charge is 0.237 e. The van der Waals surface area contributed by atoms with Crippen molar-refractivity contribution < 1.29 is 4.79 Å². The Balaban J connectivity index is 2.62. The molecule has 1 amide bonds. The maximum atomic E-state index is 12.0. The van der Waals surface area contributed by atoms with Crippen LogP contribution in [0.25, 0.3) is 0 Å². The number of piperazine rings is 1. The van der Waals surface area contributed by atoms with Gasteiger partial charge in [-0.15, -0.1) is 0 Å². The molecule has 1 aliphatic heterocycles. The van der Waals surface area contributed by atoms with Gasteiger partial charge < -0.3 is 4.90 Å². The van der Waals surface area contributed by atoms with Crippen LogP contribution >= 0.6 is 0 Å². The number of nitrogens with zero attached hydrogens (tertiary/aromatic N) is 2. The largest absolute Gasteiger partial charge is 0.337 e. The van der Waals surface area contributed by atoms with Crippen LogP contribution in [0.15, 0.2) is 0 Å². The van der Waals surface area contributed by atoms with Crippen LogP contribution in [0.4, 0.5) is 0 Å². The van der Waals surface area contributed by atoms with Gasteiger partial charge in [0.05, 0.1) is 6.54 Å². The van der Waals surface area contributed by atoms with Gasteiger partial charge in [0.2, 0.25) is 5.91 Å². The second-order valence-corrected chi connectivity index (χ2v) is 6.15. The Morgan fingerprint density at radius 1 is 1.31 bits per heavy atom. The Morgan fingerprint density at radius 2 is 1.94 bits per heavy atom. The molecule has 0 N–H and O–H groups in total. The number of likely N-dealkylation sites (N-methyl/N-ethyl adjacent to an activating group) is 1. The van der Waals surface area contributed by atoms with E-state index in [4.69, 9.17) is 0 Å². The maximum Gasteiger partial charge on any atom is 0.237 e. The van der Waals surface area contributed by atoms with Crippen molar-refractivity contribution in [3.8, 4) is 0 Å². The Morgan fingerprint density at radius 3 is 2.38 bits per heavy atom. The quantitative estimate of drug-likeness (QED) is 0.734. The van der Waals surface area contributed by atoms with Crippen molar-refractivity contribution in [1.29, 1.82) is 0 Å². The topological polar surface area (TPSA) is 23.6 Å². The van der Waals surface area contributed by atoms with E-state index in [9.17, 15) is 4.79 Å². The molecule has 1 atom stereocenters. The van der Waals surface area contributed by atoms with E-state index in [2.05, 4.69) is 37.5 Å². The van der Waals surface area contributed by atoms with Gasteiger partial charge in [-0.2, -0.15) is 0 Å². The first-order valence-corrected chi connectivity index (χ1v) is 6.31. The van der Waals surface area contributed by atoms with Crippen LogP contribution < -0.4 is 0 Å². The third-order valence-electron chi connectivity index (χ3n) is 3.21. The summed E-state index contributed by atoms with van der Waals surface area (Å²) in [5, 5.41) is 0. The molecule has 1 heterocycles. The van der Waals surface area contributed by atoms with Gasteiger partial charge >= 0.3 is 0 Å². The molecule has 0 radical (unpaired) electrons. The van der Waals surface area contributed by atoms with Gasteiger partial charge in [0.1, 0.15) is 0 Å². The predicted molar refractivity (Wildman–Crippen MR) is 67.4 cm³/mol. The van der Waals surface area contributed by atoms with Crippen molar-refractivity contribution in [3.63, 3.8) is 0 Å². The first kappa shape index (κ1) is 13.5. The lowest BCUT2D eigenvalue weighted by atomic mass is 9.86. The van der Waals surface area contributed by atoms with Crippen LogP contribution in [0.5, 0.6) is 0 Å². The van der Waals surface area contributed by atoms with Crippen molar-refractivity contribution in [2.24, 2.45) is 5.41 Å². The van der Waals surface area contributed by atoms with E-state index in [0.717, 1.165) is 25.9 Å². The number of hydrogen-bond donors (Lipinski definition) is 0. The molecule has 0 aromatic carbocycles. The minimum Gasteiger partial charge on any atom is -0.337 e. The number of rotatable bonds is 3. The number of hydrogen-bond acceptors (Lipinski definition) is 2. The van der Waals surface area contributed by atoms with Crippen molar-refractivity contribution in [2.45, 2.75) is 46.6 Å². The van der Waals surface area contributed by atoms with Crippen molar-refractivity contribution in [1.82, 2.24) is 9.80 Å². The van der Waals surface area contributed by atoms with E-state index < -0.39 is 0 Å². The zero-order chi connectivity index (χ0) is 12.3. The molecule has 0 saturated carbocycles. The summed E-state index contributed by atoms with van der Waals surface area (Å²) < 4.78 is 0. The van der Waals surface area contributed by atoms with E-state index in [0.29, 0.717) is 23.9 Å². The summed E-state index contributed by atoms with van der Waals surface area (Å²) in [6, 6.07) is 0.418. The Bertz CT molecular complexity index is 245. The highest BCUT2D eigenvalue weighted by Crippen LogP contribution is 2.26. The van der Waals surface area contributed by atoms with Gasteiger partial charge in [-0.1, -0.05) is 27.7 Å². The summed E-state index contributed by atoms with van der Waals surface area (Å²) in [7, 11) is 2.01. The molecule has 0 aromatic rings. The highest BCUT2D eigenvalue weighted by molar-refractivity contribution is 5.79. The lowest BCUT2D eigenvalue weighted by molar-refractivity contribution is -0.138. The average molecular weight is 226 g/mol. The van der Waals surface area contributed by atoms with Gasteiger partial charge in [-0.05, 0) is 25.3 Å². The average Bonchev–Trinajstić information content (AvgIpc) is 2.13. The predicted octanol–water partition coefficient (Wildman–Crippen LogP) is 1.98. The molecule has 1 rings (SSSR count). The van der Waals surface area contributed by atoms with Gasteiger partial charge in [0.15, 0.2) is 0 Å². The minimum absolute atomic E-state index is 0.296. The molecule has 94 valence electrons. The molecule has 1 aliphatic rings. The molecular weight excluding hydrogens is 200 g/mol. The molecule has 0 aromatic heterocycles. The first-order chi connectivity index (χ1) is 7.33. The summed E-state index contributed by atoms with van der Waals surface area (Å²) in [6.07, 6.45) is 2.16. The summed E-state index contributed by atoms with van der Waals surface area (Å²) in [6.45, 7) is 11.4. The lowest BCUT2D eigenvalue weighted by Crippen LogP contribution is -2.53. The first-order valence-electron chi connectivity index (χ1n) is 6.31. The van der Waals surface area contributed by atoms with E-state index in [1.807, 2.05) is 7.05 Å². The number of carbonyl (C=O) groups excluding carboxylic acids is 1. The van der Waals surface area contributed by atoms with Crippen LogP contribution in [0.3, 0.4) is 0 Å². The summed E-state index contributed by atoms with van der Waals surface area (Å²) in [5.41, 5.74) is 0.296. The summed E-state index contributed by atoms with van der Waals surface area (Å²) >= 11 is 0. The summed E-state index contributed by atoms with van der Waals surface area (Å²) in [5.74, 6) is 0.296. The highest BCUT2D eigenvalue weighted by atomic mass is 16.2. The van der Waals surface area contributed by atoms with E-state index >= 15 is 0 Å². The van der Waals surface area contributed by atoms with E-state index in [1.54, 1.807) is 0 Å². The van der Waals surface area contributed by atoms with Crippen LogP contribution in [0.1, 0.15) is 40.5 Å². The molecule has 0 bridgehead atoms. The normalized spacial score (nSPS) is 21.3. The van der Waals surface area contributed by atoms with Gasteiger partial charge in [0.25, 0.3) is 0 Å².